The van der Waals surface area contributed by atoms with Crippen LogP contribution in [0.3, 0.4) is 0 Å². The first-order valence-corrected chi connectivity index (χ1v) is 5.07. The van der Waals surface area contributed by atoms with Crippen LogP contribution in [0.2, 0.25) is 0 Å². The van der Waals surface area contributed by atoms with E-state index < -0.39 is 0 Å². The van der Waals surface area contributed by atoms with Crippen LogP contribution in [0.25, 0.3) is 0 Å². The minimum atomic E-state index is 0.700. The second-order valence-corrected chi connectivity index (χ2v) is 3.68. The Kier molecular flexibility index (Phi) is 2.93. The van der Waals surface area contributed by atoms with E-state index in [9.17, 15) is 0 Å². The summed E-state index contributed by atoms with van der Waals surface area (Å²) in [4.78, 5) is 4.04. The molecule has 13 heavy (non-hydrogen) atoms. The number of aromatic nitrogens is 1. The van der Waals surface area contributed by atoms with Gasteiger partial charge in [-0.25, -0.2) is 0 Å². The molecule has 2 rings (SSSR count). The largest absolute Gasteiger partial charge is 0.316 e. The molecule has 2 heterocycles. The molecule has 1 unspecified atom stereocenters. The molecule has 1 aromatic rings. The van der Waals surface area contributed by atoms with E-state index in [2.05, 4.69) is 22.4 Å². The summed E-state index contributed by atoms with van der Waals surface area (Å²) in [6.07, 6.45) is 7.76. The van der Waals surface area contributed by atoms with Crippen LogP contribution >= 0.6 is 0 Å². The summed E-state index contributed by atoms with van der Waals surface area (Å²) in [5.41, 5.74) is 1.43. The third-order valence-corrected chi connectivity index (χ3v) is 2.72. The lowest BCUT2D eigenvalue weighted by atomic mass is 9.96. The van der Waals surface area contributed by atoms with Crippen LogP contribution < -0.4 is 5.32 Å². The van der Waals surface area contributed by atoms with Crippen LogP contribution in [-0.2, 0) is 0 Å². The Morgan fingerprint density at radius 1 is 1.23 bits per heavy atom. The van der Waals surface area contributed by atoms with Gasteiger partial charge >= 0.3 is 0 Å². The van der Waals surface area contributed by atoms with E-state index in [0.29, 0.717) is 5.92 Å². The van der Waals surface area contributed by atoms with Crippen molar-refractivity contribution in [3.63, 3.8) is 0 Å². The molecule has 2 nitrogen and oxygen atoms in total. The van der Waals surface area contributed by atoms with Crippen molar-refractivity contribution in [3.8, 4) is 0 Å². The van der Waals surface area contributed by atoms with Crippen LogP contribution in [0.1, 0.15) is 30.7 Å². The molecule has 1 fully saturated rings. The highest BCUT2D eigenvalue weighted by molar-refractivity contribution is 5.16. The summed E-state index contributed by atoms with van der Waals surface area (Å²) < 4.78 is 0. The van der Waals surface area contributed by atoms with E-state index >= 15 is 0 Å². The van der Waals surface area contributed by atoms with Crippen molar-refractivity contribution in [2.45, 2.75) is 25.2 Å². The fourth-order valence-electron chi connectivity index (χ4n) is 1.94. The van der Waals surface area contributed by atoms with E-state index in [4.69, 9.17) is 0 Å². The maximum absolute atomic E-state index is 4.04. The summed E-state index contributed by atoms with van der Waals surface area (Å²) in [7, 11) is 0. The van der Waals surface area contributed by atoms with Crippen molar-refractivity contribution in [1.29, 1.82) is 0 Å². The van der Waals surface area contributed by atoms with E-state index in [1.807, 2.05) is 12.4 Å². The lowest BCUT2D eigenvalue weighted by molar-refractivity contribution is 0.609. The molecule has 0 amide bonds. The van der Waals surface area contributed by atoms with Crippen molar-refractivity contribution in [3.05, 3.63) is 30.1 Å². The Bertz CT molecular complexity index is 238. The van der Waals surface area contributed by atoms with Gasteiger partial charge in [-0.15, -0.1) is 0 Å². The van der Waals surface area contributed by atoms with Gasteiger partial charge in [-0.3, -0.25) is 4.98 Å². The topological polar surface area (TPSA) is 24.9 Å². The monoisotopic (exact) mass is 176 g/mol. The van der Waals surface area contributed by atoms with Crippen molar-refractivity contribution in [2.75, 3.05) is 13.1 Å². The summed E-state index contributed by atoms with van der Waals surface area (Å²) in [6.45, 7) is 2.31. The van der Waals surface area contributed by atoms with E-state index in [-0.39, 0.29) is 0 Å². The summed E-state index contributed by atoms with van der Waals surface area (Å²) in [5, 5.41) is 3.48. The zero-order chi connectivity index (χ0) is 8.93. The van der Waals surface area contributed by atoms with E-state index in [1.165, 1.54) is 31.4 Å². The number of nitrogens with one attached hydrogen (secondary N) is 1. The number of hydrogen-bond acceptors (Lipinski definition) is 2. The second-order valence-electron chi connectivity index (χ2n) is 3.68. The highest BCUT2D eigenvalue weighted by Crippen LogP contribution is 2.22. The SMILES string of the molecule is c1cc(C2CCCCNC2)ccn1. The smallest absolute Gasteiger partial charge is 0.0270 e. The molecule has 1 saturated heterocycles. The molecule has 1 aliphatic heterocycles. The zero-order valence-corrected chi connectivity index (χ0v) is 7.87. The Morgan fingerprint density at radius 2 is 2.08 bits per heavy atom. The Hall–Kier alpha value is -0.890. The van der Waals surface area contributed by atoms with Gasteiger partial charge < -0.3 is 5.32 Å². The Labute approximate surface area is 79.4 Å². The highest BCUT2D eigenvalue weighted by atomic mass is 14.9. The van der Waals surface area contributed by atoms with Crippen molar-refractivity contribution >= 4 is 0 Å². The average molecular weight is 176 g/mol. The maximum Gasteiger partial charge on any atom is 0.0270 e. The number of pyridine rings is 1. The first kappa shape index (κ1) is 8.70. The van der Waals surface area contributed by atoms with Gasteiger partial charge in [-0.05, 0) is 43.0 Å². The van der Waals surface area contributed by atoms with E-state index in [0.717, 1.165) is 6.54 Å². The zero-order valence-electron chi connectivity index (χ0n) is 7.87. The summed E-state index contributed by atoms with van der Waals surface area (Å²) in [6, 6.07) is 4.27. The molecule has 0 aliphatic carbocycles. The van der Waals surface area contributed by atoms with Gasteiger partial charge in [0.15, 0.2) is 0 Å². The lowest BCUT2D eigenvalue weighted by Gasteiger charge is -2.13. The van der Waals surface area contributed by atoms with Crippen LogP contribution in [0, 0.1) is 0 Å². The molecule has 1 aliphatic rings. The van der Waals surface area contributed by atoms with Gasteiger partial charge in [0.05, 0.1) is 0 Å². The molecule has 0 spiro atoms. The molecule has 70 valence electrons. The minimum Gasteiger partial charge on any atom is -0.316 e. The third kappa shape index (κ3) is 2.28. The first-order chi connectivity index (χ1) is 6.47. The normalized spacial score (nSPS) is 23.8. The predicted octanol–water partition coefficient (Wildman–Crippen LogP) is 1.94. The fourth-order valence-corrected chi connectivity index (χ4v) is 1.94. The van der Waals surface area contributed by atoms with Crippen molar-refractivity contribution in [2.24, 2.45) is 0 Å². The van der Waals surface area contributed by atoms with Gasteiger partial charge in [0.2, 0.25) is 0 Å². The molecule has 2 heteroatoms. The number of hydrogen-bond donors (Lipinski definition) is 1. The number of nitrogens with zero attached hydrogens (tertiary/aromatic N) is 1. The molecule has 0 saturated carbocycles. The standard InChI is InChI=1S/C11H16N2/c1-2-6-13-9-11(3-1)10-4-7-12-8-5-10/h4-5,7-8,11,13H,1-3,6,9H2. The Morgan fingerprint density at radius 3 is 2.92 bits per heavy atom. The van der Waals surface area contributed by atoms with Crippen LogP contribution in [0.4, 0.5) is 0 Å². The lowest BCUT2D eigenvalue weighted by Crippen LogP contribution is -2.19. The third-order valence-electron chi connectivity index (χ3n) is 2.72. The minimum absolute atomic E-state index is 0.700. The van der Waals surface area contributed by atoms with Crippen LogP contribution in [0.15, 0.2) is 24.5 Å². The van der Waals surface area contributed by atoms with Gasteiger partial charge in [0.25, 0.3) is 0 Å². The molecular formula is C11H16N2. The van der Waals surface area contributed by atoms with Crippen molar-refractivity contribution in [1.82, 2.24) is 10.3 Å². The van der Waals surface area contributed by atoms with Gasteiger partial charge in [-0.1, -0.05) is 6.42 Å². The van der Waals surface area contributed by atoms with Crippen molar-refractivity contribution < 1.29 is 0 Å². The second kappa shape index (κ2) is 4.38. The average Bonchev–Trinajstić information content (AvgIpc) is 2.47. The first-order valence-electron chi connectivity index (χ1n) is 5.07. The van der Waals surface area contributed by atoms with Crippen LogP contribution in [-0.4, -0.2) is 18.1 Å². The van der Waals surface area contributed by atoms with Crippen LogP contribution in [0.5, 0.6) is 0 Å². The van der Waals surface area contributed by atoms with Gasteiger partial charge in [0, 0.05) is 18.9 Å². The van der Waals surface area contributed by atoms with Gasteiger partial charge in [0.1, 0.15) is 0 Å². The molecule has 1 N–H and O–H groups in total. The fraction of sp³-hybridized carbons (Fsp3) is 0.545. The number of rotatable bonds is 1. The molecule has 0 aromatic carbocycles. The van der Waals surface area contributed by atoms with Gasteiger partial charge in [-0.2, -0.15) is 0 Å². The quantitative estimate of drug-likeness (QED) is 0.707. The summed E-state index contributed by atoms with van der Waals surface area (Å²) in [5.74, 6) is 0.700. The Balaban J connectivity index is 2.06. The molecular weight excluding hydrogens is 160 g/mol. The molecule has 0 radical (unpaired) electrons. The molecule has 1 aromatic heterocycles. The summed E-state index contributed by atoms with van der Waals surface area (Å²) >= 11 is 0. The predicted molar refractivity (Wildman–Crippen MR) is 53.7 cm³/mol. The van der Waals surface area contributed by atoms with E-state index in [1.54, 1.807) is 0 Å². The molecule has 0 bridgehead atoms. The maximum atomic E-state index is 4.04. The molecule has 1 atom stereocenters. The highest BCUT2D eigenvalue weighted by Gasteiger charge is 2.12.